The molecule has 0 amide bonds. The smallest absolute Gasteiger partial charge is 0.144 e. The normalized spacial score (nSPS) is 12.2. The summed E-state index contributed by atoms with van der Waals surface area (Å²) in [6.45, 7) is 19.5. The molecule has 0 unspecified atom stereocenters. The van der Waals surface area contributed by atoms with E-state index in [0.29, 0.717) is 5.82 Å². The van der Waals surface area contributed by atoms with Gasteiger partial charge in [0, 0.05) is 36.1 Å². The minimum absolute atomic E-state index is 0.103. The lowest BCUT2D eigenvalue weighted by Crippen LogP contribution is -2.17. The fourth-order valence-electron chi connectivity index (χ4n) is 6.61. The largest absolute Gasteiger partial charge is 0.507 e. The van der Waals surface area contributed by atoms with Crippen LogP contribution < -0.4 is 0 Å². The van der Waals surface area contributed by atoms with Gasteiger partial charge in [0.2, 0.25) is 0 Å². The first-order valence-electron chi connectivity index (χ1n) is 16.0. The fraction of sp³-hybridized carbons (Fsp3) is 0.293. The zero-order valence-corrected chi connectivity index (χ0v) is 28.7. The number of nitrogens with zero attached hydrogens (tertiary/aromatic N) is 4. The molecule has 1 N–H and O–H groups in total. The Morgan fingerprint density at radius 3 is 2.02 bits per heavy atom. The van der Waals surface area contributed by atoms with E-state index in [1.807, 2.05) is 43.8 Å². The average Bonchev–Trinajstić information content (AvgIpc) is 3.32. The summed E-state index contributed by atoms with van der Waals surface area (Å²) in [5.41, 5.74) is 14.2. The minimum Gasteiger partial charge on any atom is -0.507 e. The van der Waals surface area contributed by atoms with E-state index in [1.165, 1.54) is 22.3 Å². The van der Waals surface area contributed by atoms with Crippen LogP contribution in [-0.4, -0.2) is 24.6 Å². The van der Waals surface area contributed by atoms with Crippen molar-refractivity contribution in [2.75, 3.05) is 0 Å². The first-order chi connectivity index (χ1) is 21.6. The van der Waals surface area contributed by atoms with Gasteiger partial charge in [0.05, 0.1) is 23.0 Å². The molecule has 0 aliphatic heterocycles. The molecule has 0 aliphatic rings. The van der Waals surface area contributed by atoms with Gasteiger partial charge in [-0.2, -0.15) is 0 Å². The van der Waals surface area contributed by atoms with Gasteiger partial charge in [-0.3, -0.25) is 9.97 Å². The number of pyridine rings is 2. The van der Waals surface area contributed by atoms with Gasteiger partial charge in [-0.05, 0) is 101 Å². The maximum absolute atomic E-state index is 11.7. The fourth-order valence-corrected chi connectivity index (χ4v) is 6.61. The van der Waals surface area contributed by atoms with Crippen LogP contribution in [-0.2, 0) is 17.9 Å². The Balaban J connectivity index is 1.62. The van der Waals surface area contributed by atoms with Crippen LogP contribution in [0.5, 0.6) is 5.75 Å². The van der Waals surface area contributed by atoms with Gasteiger partial charge >= 0.3 is 0 Å². The van der Waals surface area contributed by atoms with Crippen LogP contribution in [0.25, 0.3) is 55.9 Å². The third-order valence-electron chi connectivity index (χ3n) is 8.99. The van der Waals surface area contributed by atoms with Crippen molar-refractivity contribution in [1.29, 1.82) is 0 Å². The molecule has 6 aromatic rings. The van der Waals surface area contributed by atoms with E-state index in [2.05, 4.69) is 109 Å². The second-order valence-corrected chi connectivity index (χ2v) is 14.8. The van der Waals surface area contributed by atoms with Crippen molar-refractivity contribution in [3.05, 3.63) is 107 Å². The number of benzene rings is 3. The summed E-state index contributed by atoms with van der Waals surface area (Å²) < 4.78 is 2.05. The Morgan fingerprint density at radius 2 is 1.39 bits per heavy atom. The van der Waals surface area contributed by atoms with E-state index in [9.17, 15) is 5.11 Å². The van der Waals surface area contributed by atoms with Crippen LogP contribution in [0.2, 0.25) is 0 Å². The van der Waals surface area contributed by atoms with Crippen molar-refractivity contribution < 1.29 is 5.11 Å². The second kappa shape index (κ2) is 11.2. The third-order valence-corrected chi connectivity index (χ3v) is 8.99. The highest BCUT2D eigenvalue weighted by molar-refractivity contribution is 5.96. The lowest BCUT2D eigenvalue weighted by molar-refractivity contribution is 0.446. The Kier molecular flexibility index (Phi) is 7.63. The second-order valence-electron chi connectivity index (χ2n) is 14.8. The number of phenols is 1. The maximum atomic E-state index is 11.7. The molecule has 5 heteroatoms. The highest BCUT2D eigenvalue weighted by Gasteiger charge is 2.28. The SMILES string of the molecule is Cc1cc(C)c(-c2cc(-c3ccccn3)cc(-c3cncc4c3nc(-c3cc(C(C)(C)C)cc(C(C)(C)C)c3O)n4C)c2)c(C)c1. The molecule has 3 aromatic heterocycles. The Hall–Kier alpha value is -4.77. The molecular weight excluding hydrogens is 564 g/mol. The van der Waals surface area contributed by atoms with Crippen molar-refractivity contribution in [2.24, 2.45) is 7.05 Å². The van der Waals surface area contributed by atoms with E-state index in [-0.39, 0.29) is 16.6 Å². The number of rotatable bonds is 4. The third kappa shape index (κ3) is 5.60. The molecule has 0 spiro atoms. The number of aromatic hydroxyl groups is 1. The molecule has 0 radical (unpaired) electrons. The van der Waals surface area contributed by atoms with E-state index >= 15 is 0 Å². The maximum Gasteiger partial charge on any atom is 0.144 e. The molecule has 0 saturated carbocycles. The van der Waals surface area contributed by atoms with Crippen molar-refractivity contribution in [3.63, 3.8) is 0 Å². The molecule has 5 nitrogen and oxygen atoms in total. The first-order valence-corrected chi connectivity index (χ1v) is 16.0. The van der Waals surface area contributed by atoms with Gasteiger partial charge in [-0.15, -0.1) is 0 Å². The summed E-state index contributed by atoms with van der Waals surface area (Å²) in [6, 6.07) is 21.4. The Morgan fingerprint density at radius 1 is 0.717 bits per heavy atom. The van der Waals surface area contributed by atoms with Crippen LogP contribution in [0.1, 0.15) is 69.4 Å². The number of hydrogen-bond acceptors (Lipinski definition) is 4. The van der Waals surface area contributed by atoms with Crippen LogP contribution >= 0.6 is 0 Å². The molecule has 234 valence electrons. The molecule has 6 rings (SSSR count). The monoisotopic (exact) mass is 608 g/mol. The van der Waals surface area contributed by atoms with Gasteiger partial charge < -0.3 is 9.67 Å². The van der Waals surface area contributed by atoms with Gasteiger partial charge in [-0.1, -0.05) is 71.4 Å². The molecule has 0 saturated heterocycles. The highest BCUT2D eigenvalue weighted by atomic mass is 16.3. The van der Waals surface area contributed by atoms with Gasteiger partial charge in [0.25, 0.3) is 0 Å². The number of aryl methyl sites for hydroxylation is 4. The van der Waals surface area contributed by atoms with Gasteiger partial charge in [0.1, 0.15) is 17.1 Å². The topological polar surface area (TPSA) is 63.8 Å². The summed E-state index contributed by atoms with van der Waals surface area (Å²) in [5.74, 6) is 0.989. The first kappa shape index (κ1) is 31.2. The summed E-state index contributed by atoms with van der Waals surface area (Å²) in [7, 11) is 2.00. The summed E-state index contributed by atoms with van der Waals surface area (Å²) in [6.07, 6.45) is 5.60. The van der Waals surface area contributed by atoms with E-state index in [0.717, 1.165) is 55.7 Å². The quantitative estimate of drug-likeness (QED) is 0.216. The molecule has 46 heavy (non-hydrogen) atoms. The number of imidazole rings is 1. The lowest BCUT2D eigenvalue weighted by Gasteiger charge is -2.27. The van der Waals surface area contributed by atoms with Crippen LogP contribution in [0, 0.1) is 20.8 Å². The molecule has 3 heterocycles. The number of hydrogen-bond donors (Lipinski definition) is 1. The van der Waals surface area contributed by atoms with Crippen molar-refractivity contribution in [2.45, 2.75) is 73.1 Å². The summed E-state index contributed by atoms with van der Waals surface area (Å²) in [4.78, 5) is 14.7. The predicted molar refractivity (Wildman–Crippen MR) is 191 cm³/mol. The Bertz CT molecular complexity index is 2080. The van der Waals surface area contributed by atoms with Crippen molar-refractivity contribution in [3.8, 4) is 50.6 Å². The van der Waals surface area contributed by atoms with Crippen molar-refractivity contribution in [1.82, 2.24) is 19.5 Å². The molecule has 0 aliphatic carbocycles. The van der Waals surface area contributed by atoms with E-state index < -0.39 is 0 Å². The van der Waals surface area contributed by atoms with E-state index in [1.54, 1.807) is 0 Å². The van der Waals surface area contributed by atoms with Gasteiger partial charge in [-0.25, -0.2) is 4.98 Å². The van der Waals surface area contributed by atoms with E-state index in [4.69, 9.17) is 15.0 Å². The predicted octanol–water partition coefficient (Wildman–Crippen LogP) is 10.3. The highest BCUT2D eigenvalue weighted by Crippen LogP contribution is 2.43. The molecular formula is C41H44N4O. The number of phenolic OH excluding ortho intramolecular Hbond substituents is 1. The molecule has 0 bridgehead atoms. The number of aromatic nitrogens is 4. The summed E-state index contributed by atoms with van der Waals surface area (Å²) >= 11 is 0. The zero-order chi connectivity index (χ0) is 33.1. The van der Waals surface area contributed by atoms with Crippen LogP contribution in [0.3, 0.4) is 0 Å². The summed E-state index contributed by atoms with van der Waals surface area (Å²) in [5, 5.41) is 11.7. The van der Waals surface area contributed by atoms with Gasteiger partial charge in [0.15, 0.2) is 0 Å². The minimum atomic E-state index is -0.244. The Labute approximate surface area is 273 Å². The average molecular weight is 609 g/mol. The lowest BCUT2D eigenvalue weighted by atomic mass is 9.79. The van der Waals surface area contributed by atoms with Crippen molar-refractivity contribution >= 4 is 11.0 Å². The zero-order valence-electron chi connectivity index (χ0n) is 28.7. The van der Waals surface area contributed by atoms with Crippen LogP contribution in [0.4, 0.5) is 0 Å². The molecule has 0 fully saturated rings. The molecule has 3 aromatic carbocycles. The van der Waals surface area contributed by atoms with Crippen LogP contribution in [0.15, 0.2) is 79.3 Å². The number of fused-ring (bicyclic) bond motifs is 1. The molecule has 0 atom stereocenters. The standard InChI is InChI=1S/C41H44N4O/c1-24-15-25(2)36(26(3)16-24)29-18-27(17-28(19-29)34-13-11-12-14-43-34)32-22-42-23-35-37(32)44-39(45(35)10)31-20-30(40(4,5)6)21-33(38(31)46)41(7,8)9/h11-23,46H,1-10H3.